The number of ether oxygens (including phenoxy) is 2. The molecule has 0 rings (SSSR count). The number of hydrogen-bond acceptors (Lipinski definition) is 5. The SMILES string of the molecule is COC(=O)C[C@H](NC(=S)NC(C)C)C(=O)OC. The highest BCUT2D eigenvalue weighted by Gasteiger charge is 2.23. The van der Waals surface area contributed by atoms with Crippen molar-refractivity contribution in [2.75, 3.05) is 14.2 Å². The van der Waals surface area contributed by atoms with Gasteiger partial charge in [-0.25, -0.2) is 4.79 Å². The summed E-state index contributed by atoms with van der Waals surface area (Å²) in [4.78, 5) is 22.5. The third-order valence-corrected chi connectivity index (χ3v) is 2.04. The Bertz CT molecular complexity index is 294. The Hall–Kier alpha value is -1.37. The molecule has 0 aromatic rings. The maximum Gasteiger partial charge on any atom is 0.328 e. The first kappa shape index (κ1) is 15.6. The van der Waals surface area contributed by atoms with Crippen molar-refractivity contribution >= 4 is 29.3 Å². The van der Waals surface area contributed by atoms with Crippen molar-refractivity contribution in [1.82, 2.24) is 10.6 Å². The van der Waals surface area contributed by atoms with E-state index < -0.39 is 18.0 Å². The average Bonchev–Trinajstić information content (AvgIpc) is 2.25. The van der Waals surface area contributed by atoms with E-state index in [1.54, 1.807) is 0 Å². The summed E-state index contributed by atoms with van der Waals surface area (Å²) in [6.45, 7) is 3.81. The molecular formula is C10H18N2O4S. The van der Waals surface area contributed by atoms with Crippen LogP contribution in [0.25, 0.3) is 0 Å². The van der Waals surface area contributed by atoms with E-state index in [0.29, 0.717) is 5.11 Å². The van der Waals surface area contributed by atoms with Crippen LogP contribution < -0.4 is 10.6 Å². The minimum atomic E-state index is -0.841. The molecule has 98 valence electrons. The van der Waals surface area contributed by atoms with E-state index in [4.69, 9.17) is 12.2 Å². The van der Waals surface area contributed by atoms with Gasteiger partial charge in [0, 0.05) is 6.04 Å². The second-order valence-electron chi connectivity index (χ2n) is 3.63. The molecule has 0 bridgehead atoms. The molecule has 0 saturated heterocycles. The van der Waals surface area contributed by atoms with E-state index in [1.165, 1.54) is 14.2 Å². The third-order valence-electron chi connectivity index (χ3n) is 1.81. The molecular weight excluding hydrogens is 244 g/mol. The van der Waals surface area contributed by atoms with Gasteiger partial charge in [0.2, 0.25) is 0 Å². The summed E-state index contributed by atoms with van der Waals surface area (Å²) in [5.74, 6) is -1.08. The van der Waals surface area contributed by atoms with Gasteiger partial charge in [0.15, 0.2) is 5.11 Å². The highest BCUT2D eigenvalue weighted by atomic mass is 32.1. The van der Waals surface area contributed by atoms with Gasteiger partial charge in [0.05, 0.1) is 20.6 Å². The van der Waals surface area contributed by atoms with Crippen LogP contribution in [0, 0.1) is 0 Å². The number of rotatable bonds is 5. The van der Waals surface area contributed by atoms with E-state index in [1.807, 2.05) is 13.8 Å². The molecule has 2 N–H and O–H groups in total. The van der Waals surface area contributed by atoms with Crippen LogP contribution in [0.1, 0.15) is 20.3 Å². The lowest BCUT2D eigenvalue weighted by Gasteiger charge is -2.19. The number of hydrogen-bond donors (Lipinski definition) is 2. The highest BCUT2D eigenvalue weighted by molar-refractivity contribution is 7.80. The number of methoxy groups -OCH3 is 2. The van der Waals surface area contributed by atoms with Crippen LogP contribution in [0.5, 0.6) is 0 Å². The van der Waals surface area contributed by atoms with Gasteiger partial charge in [-0.15, -0.1) is 0 Å². The van der Waals surface area contributed by atoms with Crippen molar-refractivity contribution in [2.24, 2.45) is 0 Å². The Kier molecular flexibility index (Phi) is 7.20. The Morgan fingerprint density at radius 1 is 1.18 bits per heavy atom. The van der Waals surface area contributed by atoms with Crippen LogP contribution in [-0.2, 0) is 19.1 Å². The zero-order valence-corrected chi connectivity index (χ0v) is 11.2. The maximum atomic E-state index is 11.4. The van der Waals surface area contributed by atoms with E-state index in [-0.39, 0.29) is 12.5 Å². The summed E-state index contributed by atoms with van der Waals surface area (Å²) in [6, 6.07) is -0.711. The lowest BCUT2D eigenvalue weighted by Crippen LogP contribution is -2.48. The van der Waals surface area contributed by atoms with Gasteiger partial charge in [-0.1, -0.05) is 0 Å². The first-order valence-electron chi connectivity index (χ1n) is 5.12. The lowest BCUT2D eigenvalue weighted by atomic mass is 10.2. The van der Waals surface area contributed by atoms with Gasteiger partial charge in [-0.05, 0) is 26.1 Å². The maximum absolute atomic E-state index is 11.4. The summed E-state index contributed by atoms with van der Waals surface area (Å²) >= 11 is 4.98. The molecule has 0 radical (unpaired) electrons. The summed E-state index contributed by atoms with van der Waals surface area (Å²) in [7, 11) is 2.49. The molecule has 0 aliphatic rings. The predicted molar refractivity (Wildman–Crippen MR) is 66.4 cm³/mol. The van der Waals surface area contributed by atoms with E-state index >= 15 is 0 Å². The van der Waals surface area contributed by atoms with Crippen LogP contribution in [0.15, 0.2) is 0 Å². The minimum absolute atomic E-state index is 0.131. The zero-order chi connectivity index (χ0) is 13.4. The highest BCUT2D eigenvalue weighted by Crippen LogP contribution is 1.97. The molecule has 1 atom stereocenters. The van der Waals surface area contributed by atoms with Crippen LogP contribution >= 0.6 is 12.2 Å². The second kappa shape index (κ2) is 7.83. The van der Waals surface area contributed by atoms with Crippen molar-refractivity contribution in [1.29, 1.82) is 0 Å². The monoisotopic (exact) mass is 262 g/mol. The number of nitrogens with one attached hydrogen (secondary N) is 2. The number of carbonyl (C=O) groups is 2. The summed E-state index contributed by atoms with van der Waals surface area (Å²) in [6.07, 6.45) is -0.136. The van der Waals surface area contributed by atoms with Gasteiger partial charge in [0.1, 0.15) is 6.04 Å². The molecule has 0 aromatic heterocycles. The predicted octanol–water partition coefficient (Wildman–Crippen LogP) is -0.0364. The Balaban J connectivity index is 4.43. The number of carbonyl (C=O) groups excluding carboxylic acids is 2. The van der Waals surface area contributed by atoms with Crippen molar-refractivity contribution in [2.45, 2.75) is 32.4 Å². The van der Waals surface area contributed by atoms with Gasteiger partial charge >= 0.3 is 11.9 Å². The van der Waals surface area contributed by atoms with E-state index in [0.717, 1.165) is 0 Å². The smallest absolute Gasteiger partial charge is 0.328 e. The molecule has 0 unspecified atom stereocenters. The third kappa shape index (κ3) is 6.72. The number of thiocarbonyl (C=S) groups is 1. The molecule has 0 aromatic carbocycles. The molecule has 0 aliphatic carbocycles. The van der Waals surface area contributed by atoms with Crippen LogP contribution in [0.4, 0.5) is 0 Å². The van der Waals surface area contributed by atoms with Crippen molar-refractivity contribution in [3.05, 3.63) is 0 Å². The molecule has 0 spiro atoms. The molecule has 7 heteroatoms. The Morgan fingerprint density at radius 3 is 2.18 bits per heavy atom. The fraction of sp³-hybridized carbons (Fsp3) is 0.700. The normalized spacial score (nSPS) is 11.6. The summed E-state index contributed by atoms with van der Waals surface area (Å²) in [5, 5.41) is 5.90. The molecule has 0 saturated carbocycles. The topological polar surface area (TPSA) is 76.7 Å². The van der Waals surface area contributed by atoms with E-state index in [9.17, 15) is 9.59 Å². The fourth-order valence-electron chi connectivity index (χ4n) is 1.05. The minimum Gasteiger partial charge on any atom is -0.469 e. The largest absolute Gasteiger partial charge is 0.469 e. The Labute approximate surface area is 106 Å². The molecule has 17 heavy (non-hydrogen) atoms. The molecule has 0 heterocycles. The lowest BCUT2D eigenvalue weighted by molar-refractivity contribution is -0.149. The number of esters is 2. The first-order chi connectivity index (χ1) is 7.90. The van der Waals surface area contributed by atoms with E-state index in [2.05, 4.69) is 20.1 Å². The van der Waals surface area contributed by atoms with Crippen molar-refractivity contribution in [3.63, 3.8) is 0 Å². The van der Waals surface area contributed by atoms with Gasteiger partial charge < -0.3 is 20.1 Å². The zero-order valence-electron chi connectivity index (χ0n) is 10.4. The second-order valence-corrected chi connectivity index (χ2v) is 4.04. The fourth-order valence-corrected chi connectivity index (χ4v) is 1.43. The van der Waals surface area contributed by atoms with Crippen LogP contribution in [0.2, 0.25) is 0 Å². The van der Waals surface area contributed by atoms with Crippen molar-refractivity contribution in [3.8, 4) is 0 Å². The van der Waals surface area contributed by atoms with Crippen LogP contribution in [-0.4, -0.2) is 43.4 Å². The summed E-state index contributed by atoms with van der Waals surface area (Å²) in [5.41, 5.74) is 0. The quantitative estimate of drug-likeness (QED) is 0.532. The summed E-state index contributed by atoms with van der Waals surface area (Å²) < 4.78 is 9.05. The molecule has 6 nitrogen and oxygen atoms in total. The standard InChI is InChI=1S/C10H18N2O4S/c1-6(2)11-10(17)12-7(9(14)16-4)5-8(13)15-3/h6-7H,5H2,1-4H3,(H2,11,12,17)/t7-/m0/s1. The van der Waals surface area contributed by atoms with Gasteiger partial charge in [-0.2, -0.15) is 0 Å². The van der Waals surface area contributed by atoms with Gasteiger partial charge in [-0.3, -0.25) is 4.79 Å². The van der Waals surface area contributed by atoms with Gasteiger partial charge in [0.25, 0.3) is 0 Å². The first-order valence-corrected chi connectivity index (χ1v) is 5.53. The average molecular weight is 262 g/mol. The molecule has 0 amide bonds. The molecule has 0 fully saturated rings. The molecule has 0 aliphatic heterocycles. The van der Waals surface area contributed by atoms with Crippen LogP contribution in [0.3, 0.4) is 0 Å². The Morgan fingerprint density at radius 2 is 1.76 bits per heavy atom. The van der Waals surface area contributed by atoms with Crippen molar-refractivity contribution < 1.29 is 19.1 Å².